The van der Waals surface area contributed by atoms with Gasteiger partial charge in [-0.3, -0.25) is 14.2 Å². The Hall–Kier alpha value is -3.13. The number of nitrogens with zero attached hydrogens (tertiary/aromatic N) is 4. The number of rotatable bonds is 5. The van der Waals surface area contributed by atoms with Crippen molar-refractivity contribution in [3.05, 3.63) is 63.7 Å². The predicted octanol–water partition coefficient (Wildman–Crippen LogP) is 2.89. The number of hydrogen-bond acceptors (Lipinski definition) is 4. The fraction of sp³-hybridized carbons (Fsp3) is 0.222. The Labute approximate surface area is 160 Å². The van der Waals surface area contributed by atoms with Gasteiger partial charge in [-0.1, -0.05) is 29.8 Å². The Kier molecular flexibility index (Phi) is 5.00. The number of aryl methyl sites for hydroxylation is 2. The first kappa shape index (κ1) is 18.7. The molecule has 1 aromatic carbocycles. The van der Waals surface area contributed by atoms with E-state index in [9.17, 15) is 14.7 Å². The standard InChI is InChI=1S/C18H18ClN5O3/c1-10-15(20-17(25)16-13(18(26)27)9-23(3)22-16)11(2)24(21-10)8-12-6-4-5-7-14(12)19/h4-7,9H,8H2,1-3H3,(H,20,25)(H,26,27). The average Bonchev–Trinajstić information content (AvgIpc) is 3.12. The second-order valence-corrected chi connectivity index (χ2v) is 6.53. The van der Waals surface area contributed by atoms with Gasteiger partial charge in [0, 0.05) is 18.3 Å². The quantitative estimate of drug-likeness (QED) is 0.700. The summed E-state index contributed by atoms with van der Waals surface area (Å²) < 4.78 is 3.03. The molecule has 0 aliphatic carbocycles. The van der Waals surface area contributed by atoms with Crippen LogP contribution >= 0.6 is 11.6 Å². The third kappa shape index (κ3) is 3.70. The molecule has 2 aromatic heterocycles. The zero-order valence-corrected chi connectivity index (χ0v) is 15.8. The van der Waals surface area contributed by atoms with E-state index in [-0.39, 0.29) is 11.3 Å². The molecule has 0 radical (unpaired) electrons. The Morgan fingerprint density at radius 2 is 1.93 bits per heavy atom. The van der Waals surface area contributed by atoms with Crippen LogP contribution in [0.5, 0.6) is 0 Å². The lowest BCUT2D eigenvalue weighted by molar-refractivity contribution is 0.0692. The van der Waals surface area contributed by atoms with Crippen LogP contribution in [0.15, 0.2) is 30.5 Å². The summed E-state index contributed by atoms with van der Waals surface area (Å²) in [7, 11) is 1.56. The maximum absolute atomic E-state index is 12.6. The highest BCUT2D eigenvalue weighted by Crippen LogP contribution is 2.23. The molecule has 8 nitrogen and oxygen atoms in total. The number of amides is 1. The van der Waals surface area contributed by atoms with Gasteiger partial charge in [0.15, 0.2) is 5.69 Å². The van der Waals surface area contributed by atoms with Gasteiger partial charge in [0.2, 0.25) is 0 Å². The Morgan fingerprint density at radius 3 is 2.59 bits per heavy atom. The largest absolute Gasteiger partial charge is 0.478 e. The molecule has 0 aliphatic heterocycles. The van der Waals surface area contributed by atoms with Crippen LogP contribution in [0.2, 0.25) is 5.02 Å². The highest BCUT2D eigenvalue weighted by molar-refractivity contribution is 6.31. The number of carbonyl (C=O) groups is 2. The van der Waals surface area contributed by atoms with Crippen molar-refractivity contribution in [3.63, 3.8) is 0 Å². The monoisotopic (exact) mass is 387 g/mol. The van der Waals surface area contributed by atoms with E-state index in [1.807, 2.05) is 25.1 Å². The fourth-order valence-corrected chi connectivity index (χ4v) is 3.00. The Balaban J connectivity index is 1.88. The van der Waals surface area contributed by atoms with Crippen molar-refractivity contribution < 1.29 is 14.7 Å². The lowest BCUT2D eigenvalue weighted by atomic mass is 10.2. The van der Waals surface area contributed by atoms with Crippen LogP contribution in [0.25, 0.3) is 0 Å². The third-order valence-corrected chi connectivity index (χ3v) is 4.54. The number of carboxylic acid groups (broad SMARTS) is 1. The van der Waals surface area contributed by atoms with Crippen molar-refractivity contribution in [2.75, 3.05) is 5.32 Å². The molecule has 9 heteroatoms. The van der Waals surface area contributed by atoms with Crippen molar-refractivity contribution in [2.45, 2.75) is 20.4 Å². The molecule has 2 heterocycles. The first-order valence-electron chi connectivity index (χ1n) is 8.13. The van der Waals surface area contributed by atoms with Gasteiger partial charge >= 0.3 is 5.97 Å². The molecule has 0 aliphatic rings. The minimum atomic E-state index is -1.21. The van der Waals surface area contributed by atoms with E-state index in [0.717, 1.165) is 11.3 Å². The van der Waals surface area contributed by atoms with Gasteiger partial charge in [0.1, 0.15) is 5.56 Å². The summed E-state index contributed by atoms with van der Waals surface area (Å²) in [6, 6.07) is 7.46. The number of carbonyl (C=O) groups excluding carboxylic acids is 1. The average molecular weight is 388 g/mol. The Bertz CT molecular complexity index is 1040. The van der Waals surface area contributed by atoms with Crippen molar-refractivity contribution in [2.24, 2.45) is 7.05 Å². The second kappa shape index (κ2) is 7.24. The van der Waals surface area contributed by atoms with Crippen molar-refractivity contribution in [3.8, 4) is 0 Å². The minimum Gasteiger partial charge on any atom is -0.478 e. The predicted molar refractivity (Wildman–Crippen MR) is 100 cm³/mol. The van der Waals surface area contributed by atoms with E-state index < -0.39 is 11.9 Å². The molecule has 1 amide bonds. The lowest BCUT2D eigenvalue weighted by Gasteiger charge is -2.08. The summed E-state index contributed by atoms with van der Waals surface area (Å²) in [6.07, 6.45) is 1.29. The molecule has 140 valence electrons. The highest BCUT2D eigenvalue weighted by Gasteiger charge is 2.23. The summed E-state index contributed by atoms with van der Waals surface area (Å²) in [6.45, 7) is 4.04. The SMILES string of the molecule is Cc1nn(Cc2ccccc2Cl)c(C)c1NC(=O)c1nn(C)cc1C(=O)O. The topological polar surface area (TPSA) is 102 Å². The van der Waals surface area contributed by atoms with E-state index in [2.05, 4.69) is 15.5 Å². The number of hydrogen-bond donors (Lipinski definition) is 2. The molecular weight excluding hydrogens is 370 g/mol. The van der Waals surface area contributed by atoms with Crippen LogP contribution in [-0.2, 0) is 13.6 Å². The molecule has 0 fully saturated rings. The number of anilines is 1. The molecule has 0 atom stereocenters. The molecule has 27 heavy (non-hydrogen) atoms. The number of carboxylic acids is 1. The number of nitrogens with one attached hydrogen (secondary N) is 1. The zero-order chi connectivity index (χ0) is 19.7. The molecule has 3 rings (SSSR count). The second-order valence-electron chi connectivity index (χ2n) is 6.12. The molecule has 0 saturated heterocycles. The van der Waals surface area contributed by atoms with Crippen molar-refractivity contribution in [1.82, 2.24) is 19.6 Å². The summed E-state index contributed by atoms with van der Waals surface area (Å²) >= 11 is 6.21. The Morgan fingerprint density at radius 1 is 1.22 bits per heavy atom. The van der Waals surface area contributed by atoms with Gasteiger partial charge in [0.25, 0.3) is 5.91 Å². The van der Waals surface area contributed by atoms with Gasteiger partial charge in [-0.25, -0.2) is 4.79 Å². The number of aromatic carboxylic acids is 1. The molecular formula is C18H18ClN5O3. The van der Waals surface area contributed by atoms with E-state index >= 15 is 0 Å². The van der Waals surface area contributed by atoms with Crippen LogP contribution in [0.3, 0.4) is 0 Å². The van der Waals surface area contributed by atoms with Gasteiger partial charge in [-0.2, -0.15) is 10.2 Å². The smallest absolute Gasteiger partial charge is 0.339 e. The molecule has 0 unspecified atom stereocenters. The van der Waals surface area contributed by atoms with Crippen LogP contribution in [-0.4, -0.2) is 36.5 Å². The molecule has 3 aromatic rings. The zero-order valence-electron chi connectivity index (χ0n) is 15.0. The van der Waals surface area contributed by atoms with Gasteiger partial charge in [0.05, 0.1) is 23.6 Å². The lowest BCUT2D eigenvalue weighted by Crippen LogP contribution is -2.17. The van der Waals surface area contributed by atoms with Gasteiger partial charge < -0.3 is 10.4 Å². The maximum atomic E-state index is 12.6. The first-order chi connectivity index (χ1) is 12.8. The van der Waals surface area contributed by atoms with E-state index in [4.69, 9.17) is 11.6 Å². The molecule has 0 spiro atoms. The maximum Gasteiger partial charge on any atom is 0.339 e. The summed E-state index contributed by atoms with van der Waals surface area (Å²) in [5.41, 5.74) is 2.46. The fourth-order valence-electron chi connectivity index (χ4n) is 2.81. The van der Waals surface area contributed by atoms with E-state index in [1.54, 1.807) is 24.7 Å². The number of halogens is 1. The van der Waals surface area contributed by atoms with Crippen LogP contribution in [0, 0.1) is 13.8 Å². The van der Waals surface area contributed by atoms with Gasteiger partial charge in [-0.05, 0) is 25.5 Å². The first-order valence-corrected chi connectivity index (χ1v) is 8.51. The number of benzene rings is 1. The number of aromatic nitrogens is 4. The van der Waals surface area contributed by atoms with E-state index in [1.165, 1.54) is 10.9 Å². The third-order valence-electron chi connectivity index (χ3n) is 4.17. The van der Waals surface area contributed by atoms with Crippen molar-refractivity contribution >= 4 is 29.2 Å². The molecule has 0 bridgehead atoms. The summed E-state index contributed by atoms with van der Waals surface area (Å²) in [4.78, 5) is 23.9. The van der Waals surface area contributed by atoms with Crippen LogP contribution < -0.4 is 5.32 Å². The van der Waals surface area contributed by atoms with Gasteiger partial charge in [-0.15, -0.1) is 0 Å². The normalized spacial score (nSPS) is 10.8. The van der Waals surface area contributed by atoms with Crippen LogP contribution in [0.1, 0.15) is 37.8 Å². The van der Waals surface area contributed by atoms with Crippen molar-refractivity contribution in [1.29, 1.82) is 0 Å². The molecule has 2 N–H and O–H groups in total. The van der Waals surface area contributed by atoms with Crippen LogP contribution in [0.4, 0.5) is 5.69 Å². The summed E-state index contributed by atoms with van der Waals surface area (Å²) in [5.74, 6) is -1.81. The minimum absolute atomic E-state index is 0.150. The highest BCUT2D eigenvalue weighted by atomic mass is 35.5. The van der Waals surface area contributed by atoms with E-state index in [0.29, 0.717) is 22.9 Å². The summed E-state index contributed by atoms with van der Waals surface area (Å²) in [5, 5.41) is 21.0. The molecule has 0 saturated carbocycles.